The van der Waals surface area contributed by atoms with Crippen molar-refractivity contribution in [2.75, 3.05) is 6.54 Å². The largest absolute Gasteiger partial charge is 0.391 e. The van der Waals surface area contributed by atoms with Crippen molar-refractivity contribution in [1.29, 1.82) is 0 Å². The predicted octanol–water partition coefficient (Wildman–Crippen LogP) is 2.16. The van der Waals surface area contributed by atoms with Gasteiger partial charge in [-0.3, -0.25) is 0 Å². The van der Waals surface area contributed by atoms with Crippen LogP contribution in [0.5, 0.6) is 0 Å². The summed E-state index contributed by atoms with van der Waals surface area (Å²) >= 11 is 0. The molecule has 0 radical (unpaired) electrons. The fourth-order valence-electron chi connectivity index (χ4n) is 2.08. The van der Waals surface area contributed by atoms with Crippen molar-refractivity contribution in [2.45, 2.75) is 24.3 Å². The Labute approximate surface area is 133 Å². The summed E-state index contributed by atoms with van der Waals surface area (Å²) in [5.74, 6) is -1.98. The van der Waals surface area contributed by atoms with Gasteiger partial charge >= 0.3 is 0 Å². The van der Waals surface area contributed by atoms with E-state index in [1.54, 1.807) is 12.1 Å². The molecule has 1 atom stereocenters. The van der Waals surface area contributed by atoms with Crippen LogP contribution in [-0.4, -0.2) is 26.2 Å². The zero-order valence-corrected chi connectivity index (χ0v) is 13.3. The van der Waals surface area contributed by atoms with Crippen molar-refractivity contribution >= 4 is 10.0 Å². The SMILES string of the molecule is Cc1cc(S(=O)(=O)NCC(O)Cc2ccccc2)c(F)cc1F. The molecule has 1 unspecified atom stereocenters. The van der Waals surface area contributed by atoms with Crippen LogP contribution in [-0.2, 0) is 16.4 Å². The van der Waals surface area contributed by atoms with Crippen LogP contribution in [0.15, 0.2) is 47.4 Å². The van der Waals surface area contributed by atoms with Gasteiger partial charge in [-0.1, -0.05) is 30.3 Å². The molecule has 0 saturated heterocycles. The molecule has 4 nitrogen and oxygen atoms in total. The molecule has 23 heavy (non-hydrogen) atoms. The number of aliphatic hydroxyl groups excluding tert-OH is 1. The number of hydrogen-bond acceptors (Lipinski definition) is 3. The minimum atomic E-state index is -4.17. The lowest BCUT2D eigenvalue weighted by atomic mass is 10.1. The third-order valence-electron chi connectivity index (χ3n) is 3.33. The number of rotatable bonds is 6. The molecular formula is C16H17F2NO3S. The van der Waals surface area contributed by atoms with Gasteiger partial charge in [0.2, 0.25) is 10.0 Å². The molecule has 0 aliphatic carbocycles. The van der Waals surface area contributed by atoms with E-state index in [2.05, 4.69) is 4.72 Å². The third kappa shape index (κ3) is 4.57. The predicted molar refractivity (Wildman–Crippen MR) is 82.4 cm³/mol. The summed E-state index contributed by atoms with van der Waals surface area (Å²) in [6, 6.07) is 10.5. The van der Waals surface area contributed by atoms with E-state index in [9.17, 15) is 22.3 Å². The first-order valence-corrected chi connectivity index (χ1v) is 8.45. The third-order valence-corrected chi connectivity index (χ3v) is 4.76. The molecule has 0 aromatic heterocycles. The molecule has 124 valence electrons. The molecule has 2 aromatic rings. The van der Waals surface area contributed by atoms with Gasteiger partial charge in [0.05, 0.1) is 6.10 Å². The highest BCUT2D eigenvalue weighted by atomic mass is 32.2. The fourth-order valence-corrected chi connectivity index (χ4v) is 3.29. The van der Waals surface area contributed by atoms with Crippen LogP contribution >= 0.6 is 0 Å². The average molecular weight is 341 g/mol. The van der Waals surface area contributed by atoms with Crippen LogP contribution in [0.4, 0.5) is 8.78 Å². The van der Waals surface area contributed by atoms with Crippen LogP contribution in [0.25, 0.3) is 0 Å². The lowest BCUT2D eigenvalue weighted by Crippen LogP contribution is -2.33. The number of sulfonamides is 1. The Morgan fingerprint density at radius 1 is 1.13 bits per heavy atom. The number of nitrogens with one attached hydrogen (secondary N) is 1. The number of aliphatic hydroxyl groups is 1. The van der Waals surface area contributed by atoms with E-state index in [1.807, 2.05) is 18.2 Å². The minimum Gasteiger partial charge on any atom is -0.391 e. The van der Waals surface area contributed by atoms with E-state index in [4.69, 9.17) is 0 Å². The van der Waals surface area contributed by atoms with Gasteiger partial charge in [0.15, 0.2) is 0 Å². The maximum Gasteiger partial charge on any atom is 0.243 e. The molecule has 0 bridgehead atoms. The number of halogens is 2. The van der Waals surface area contributed by atoms with Gasteiger partial charge in [0, 0.05) is 12.6 Å². The summed E-state index contributed by atoms with van der Waals surface area (Å²) in [7, 11) is -4.17. The van der Waals surface area contributed by atoms with Crippen LogP contribution in [0, 0.1) is 18.6 Å². The molecule has 0 aliphatic heterocycles. The first-order chi connectivity index (χ1) is 10.8. The Hall–Kier alpha value is -1.83. The maximum absolute atomic E-state index is 13.7. The molecule has 2 N–H and O–H groups in total. The smallest absolute Gasteiger partial charge is 0.243 e. The van der Waals surface area contributed by atoms with Crippen molar-refractivity contribution in [3.8, 4) is 0 Å². The fraction of sp³-hybridized carbons (Fsp3) is 0.250. The van der Waals surface area contributed by atoms with Crippen molar-refractivity contribution < 1.29 is 22.3 Å². The zero-order valence-electron chi connectivity index (χ0n) is 12.5. The van der Waals surface area contributed by atoms with Gasteiger partial charge in [0.25, 0.3) is 0 Å². The second kappa shape index (κ2) is 7.16. The molecule has 0 aliphatic rings. The van der Waals surface area contributed by atoms with Gasteiger partial charge in [-0.05, 0) is 30.5 Å². The highest BCUT2D eigenvalue weighted by molar-refractivity contribution is 7.89. The van der Waals surface area contributed by atoms with Crippen LogP contribution < -0.4 is 4.72 Å². The quantitative estimate of drug-likeness (QED) is 0.846. The van der Waals surface area contributed by atoms with Gasteiger partial charge < -0.3 is 5.11 Å². The first-order valence-electron chi connectivity index (χ1n) is 6.97. The second-order valence-electron chi connectivity index (χ2n) is 5.23. The number of benzene rings is 2. The maximum atomic E-state index is 13.7. The molecule has 2 aromatic carbocycles. The van der Waals surface area contributed by atoms with Crippen LogP contribution in [0.1, 0.15) is 11.1 Å². The number of aryl methyl sites for hydroxylation is 1. The Bertz CT molecular complexity index is 779. The van der Waals surface area contributed by atoms with E-state index in [1.165, 1.54) is 6.92 Å². The van der Waals surface area contributed by atoms with E-state index >= 15 is 0 Å². The molecule has 0 saturated carbocycles. The summed E-state index contributed by atoms with van der Waals surface area (Å²) in [6.07, 6.45) is -0.703. The van der Waals surface area contributed by atoms with Crippen molar-refractivity contribution in [3.63, 3.8) is 0 Å². The summed E-state index contributed by atoms with van der Waals surface area (Å²) in [6.45, 7) is 1.07. The molecule has 0 heterocycles. The molecule has 7 heteroatoms. The summed E-state index contributed by atoms with van der Waals surface area (Å²) in [5, 5.41) is 9.90. The number of hydrogen-bond donors (Lipinski definition) is 2. The van der Waals surface area contributed by atoms with Gasteiger partial charge in [0.1, 0.15) is 16.5 Å². The Kier molecular flexibility index (Phi) is 5.46. The normalized spacial score (nSPS) is 13.0. The van der Waals surface area contributed by atoms with E-state index in [0.29, 0.717) is 6.07 Å². The zero-order chi connectivity index (χ0) is 17.0. The van der Waals surface area contributed by atoms with Crippen molar-refractivity contribution in [3.05, 3.63) is 65.2 Å². The lowest BCUT2D eigenvalue weighted by Gasteiger charge is -2.13. The Morgan fingerprint density at radius 2 is 1.78 bits per heavy atom. The van der Waals surface area contributed by atoms with Crippen LogP contribution in [0.3, 0.4) is 0 Å². The lowest BCUT2D eigenvalue weighted by molar-refractivity contribution is 0.179. The summed E-state index contributed by atoms with van der Waals surface area (Å²) in [5.41, 5.74) is 0.875. The standard InChI is InChI=1S/C16H17F2NO3S/c1-11-7-16(15(18)9-14(11)17)23(21,22)19-10-13(20)8-12-5-3-2-4-6-12/h2-7,9,13,19-20H,8,10H2,1H3. The highest BCUT2D eigenvalue weighted by Crippen LogP contribution is 2.18. The molecule has 2 rings (SSSR count). The first kappa shape index (κ1) is 17.5. The van der Waals surface area contributed by atoms with Gasteiger partial charge in [-0.15, -0.1) is 0 Å². The Morgan fingerprint density at radius 3 is 2.43 bits per heavy atom. The van der Waals surface area contributed by atoms with E-state index in [0.717, 1.165) is 11.6 Å². The van der Waals surface area contributed by atoms with Gasteiger partial charge in [-0.25, -0.2) is 21.9 Å². The van der Waals surface area contributed by atoms with Crippen molar-refractivity contribution in [1.82, 2.24) is 4.72 Å². The monoisotopic (exact) mass is 341 g/mol. The molecular weight excluding hydrogens is 324 g/mol. The van der Waals surface area contributed by atoms with Crippen molar-refractivity contribution in [2.24, 2.45) is 0 Å². The minimum absolute atomic E-state index is 0.0246. The summed E-state index contributed by atoms with van der Waals surface area (Å²) in [4.78, 5) is -0.636. The Balaban J connectivity index is 2.06. The molecule has 0 fully saturated rings. The average Bonchev–Trinajstić information content (AvgIpc) is 2.50. The second-order valence-corrected chi connectivity index (χ2v) is 6.96. The van der Waals surface area contributed by atoms with E-state index < -0.39 is 32.7 Å². The van der Waals surface area contributed by atoms with Crippen LogP contribution in [0.2, 0.25) is 0 Å². The molecule has 0 spiro atoms. The molecule has 0 amide bonds. The highest BCUT2D eigenvalue weighted by Gasteiger charge is 2.21. The van der Waals surface area contributed by atoms with E-state index in [-0.39, 0.29) is 18.5 Å². The summed E-state index contributed by atoms with van der Waals surface area (Å²) < 4.78 is 53.2. The topological polar surface area (TPSA) is 66.4 Å². The van der Waals surface area contributed by atoms with Gasteiger partial charge in [-0.2, -0.15) is 0 Å².